The lowest BCUT2D eigenvalue weighted by Gasteiger charge is -2.13. The molecule has 22 heavy (non-hydrogen) atoms. The van der Waals surface area contributed by atoms with E-state index in [1.54, 1.807) is 0 Å². The summed E-state index contributed by atoms with van der Waals surface area (Å²) in [5, 5.41) is 12.6. The zero-order chi connectivity index (χ0) is 16.1. The molecule has 3 N–H and O–H groups in total. The van der Waals surface area contributed by atoms with E-state index in [4.69, 9.17) is 4.74 Å². The number of aliphatic hydroxyl groups excluding tert-OH is 1. The second-order valence-corrected chi connectivity index (χ2v) is 5.50. The number of hydrogen-bond donors (Lipinski definition) is 3. The van der Waals surface area contributed by atoms with Gasteiger partial charge in [0.15, 0.2) is 0 Å². The number of aliphatic hydroxyl groups is 1. The molecule has 1 heterocycles. The molecule has 1 atom stereocenters. The minimum absolute atomic E-state index is 0.131. The maximum atomic E-state index is 12.0. The van der Waals surface area contributed by atoms with E-state index in [0.717, 1.165) is 16.8 Å². The number of hydrogen-bond acceptors (Lipinski definition) is 3. The summed E-state index contributed by atoms with van der Waals surface area (Å²) in [5.41, 5.74) is 3.45. The van der Waals surface area contributed by atoms with Crippen LogP contribution in [0.4, 0.5) is 0 Å². The maximum absolute atomic E-state index is 12.0. The summed E-state index contributed by atoms with van der Waals surface area (Å²) >= 11 is 0. The molecule has 0 spiro atoms. The molecule has 1 unspecified atom stereocenters. The Kier molecular flexibility index (Phi) is 5.22. The zero-order valence-electron chi connectivity index (χ0n) is 13.1. The third kappa shape index (κ3) is 4.36. The van der Waals surface area contributed by atoms with Crippen LogP contribution < -0.4 is 10.1 Å². The zero-order valence-corrected chi connectivity index (χ0v) is 13.1. The number of nitrogens with one attached hydrogen (secondary N) is 2. The van der Waals surface area contributed by atoms with Gasteiger partial charge in [0.2, 0.25) is 0 Å². The normalized spacial score (nSPS) is 12.0. The number of aryl methyl sites for hydroxylation is 3. The molecule has 2 aromatic rings. The van der Waals surface area contributed by atoms with E-state index in [1.165, 1.54) is 0 Å². The molecular formula is C17H22N2O3. The van der Waals surface area contributed by atoms with Crippen molar-refractivity contribution in [3.63, 3.8) is 0 Å². The SMILES string of the molecule is Cc1cccc(OCC(O)CNC(=O)c2[nH]c(C)cc2C)c1. The molecule has 1 aromatic heterocycles. The van der Waals surface area contributed by atoms with Crippen molar-refractivity contribution in [3.8, 4) is 5.75 Å². The standard InChI is InChI=1S/C17H22N2O3/c1-11-5-4-6-15(7-11)22-10-14(20)9-18-17(21)16-12(2)8-13(3)19-16/h4-8,14,19-20H,9-10H2,1-3H3,(H,18,21). The molecule has 0 fully saturated rings. The van der Waals surface area contributed by atoms with Gasteiger partial charge in [0.25, 0.3) is 5.91 Å². The molecule has 5 nitrogen and oxygen atoms in total. The first-order valence-electron chi connectivity index (χ1n) is 7.27. The molecule has 0 aliphatic heterocycles. The van der Waals surface area contributed by atoms with Crippen molar-refractivity contribution in [3.05, 3.63) is 52.8 Å². The quantitative estimate of drug-likeness (QED) is 0.765. The number of rotatable bonds is 6. The van der Waals surface area contributed by atoms with E-state index in [-0.39, 0.29) is 19.1 Å². The largest absolute Gasteiger partial charge is 0.491 e. The van der Waals surface area contributed by atoms with Crippen LogP contribution in [0.15, 0.2) is 30.3 Å². The predicted molar refractivity (Wildman–Crippen MR) is 85.3 cm³/mol. The van der Waals surface area contributed by atoms with Gasteiger partial charge in [-0.15, -0.1) is 0 Å². The Morgan fingerprint density at radius 2 is 2.09 bits per heavy atom. The van der Waals surface area contributed by atoms with Crippen LogP contribution in [0.1, 0.15) is 27.3 Å². The molecule has 0 bridgehead atoms. The van der Waals surface area contributed by atoms with E-state index < -0.39 is 6.10 Å². The van der Waals surface area contributed by atoms with Crippen molar-refractivity contribution in [1.29, 1.82) is 0 Å². The number of ether oxygens (including phenoxy) is 1. The van der Waals surface area contributed by atoms with E-state index in [1.807, 2.05) is 51.1 Å². The topological polar surface area (TPSA) is 74.3 Å². The van der Waals surface area contributed by atoms with Crippen molar-refractivity contribution in [2.75, 3.05) is 13.2 Å². The van der Waals surface area contributed by atoms with E-state index in [9.17, 15) is 9.90 Å². The molecule has 0 aliphatic rings. The van der Waals surface area contributed by atoms with Gasteiger partial charge in [-0.3, -0.25) is 4.79 Å². The molecule has 0 radical (unpaired) electrons. The summed E-state index contributed by atoms with van der Waals surface area (Å²) in [6, 6.07) is 9.52. The fourth-order valence-electron chi connectivity index (χ4n) is 2.22. The Morgan fingerprint density at radius 1 is 1.32 bits per heavy atom. The summed E-state index contributed by atoms with van der Waals surface area (Å²) in [6.07, 6.45) is -0.763. The number of aromatic nitrogens is 1. The molecule has 5 heteroatoms. The molecule has 2 rings (SSSR count). The molecule has 0 saturated carbocycles. The summed E-state index contributed by atoms with van der Waals surface area (Å²) in [6.45, 7) is 6.02. The fourth-order valence-corrected chi connectivity index (χ4v) is 2.22. The van der Waals surface area contributed by atoms with Gasteiger partial charge in [-0.05, 0) is 50.1 Å². The third-order valence-electron chi connectivity index (χ3n) is 3.31. The second-order valence-electron chi connectivity index (χ2n) is 5.50. The van der Waals surface area contributed by atoms with Crippen molar-refractivity contribution < 1.29 is 14.6 Å². The number of carbonyl (C=O) groups is 1. The van der Waals surface area contributed by atoms with Gasteiger partial charge >= 0.3 is 0 Å². The minimum Gasteiger partial charge on any atom is -0.491 e. The molecular weight excluding hydrogens is 280 g/mol. The summed E-state index contributed by atoms with van der Waals surface area (Å²) in [7, 11) is 0. The van der Waals surface area contributed by atoms with Gasteiger partial charge in [0.05, 0.1) is 0 Å². The van der Waals surface area contributed by atoms with Crippen LogP contribution in [0.3, 0.4) is 0 Å². The van der Waals surface area contributed by atoms with Crippen molar-refractivity contribution in [1.82, 2.24) is 10.3 Å². The summed E-state index contributed by atoms with van der Waals surface area (Å²) in [4.78, 5) is 15.0. The first-order chi connectivity index (χ1) is 10.5. The average Bonchev–Trinajstić information content (AvgIpc) is 2.81. The highest BCUT2D eigenvalue weighted by Crippen LogP contribution is 2.12. The molecule has 0 saturated heterocycles. The molecule has 118 valence electrons. The van der Waals surface area contributed by atoms with E-state index in [2.05, 4.69) is 10.3 Å². The van der Waals surface area contributed by atoms with Gasteiger partial charge in [0.1, 0.15) is 24.2 Å². The van der Waals surface area contributed by atoms with Gasteiger partial charge in [-0.1, -0.05) is 12.1 Å². The van der Waals surface area contributed by atoms with Crippen LogP contribution in [0.2, 0.25) is 0 Å². The van der Waals surface area contributed by atoms with E-state index >= 15 is 0 Å². The summed E-state index contributed by atoms with van der Waals surface area (Å²) in [5.74, 6) is 0.487. The van der Waals surface area contributed by atoms with Gasteiger partial charge in [-0.2, -0.15) is 0 Å². The summed E-state index contributed by atoms with van der Waals surface area (Å²) < 4.78 is 5.51. The predicted octanol–water partition coefficient (Wildman–Crippen LogP) is 2.11. The monoisotopic (exact) mass is 302 g/mol. The molecule has 1 amide bonds. The average molecular weight is 302 g/mol. The number of carbonyl (C=O) groups excluding carboxylic acids is 1. The van der Waals surface area contributed by atoms with Crippen molar-refractivity contribution >= 4 is 5.91 Å². The molecule has 0 aliphatic carbocycles. The Bertz CT molecular complexity index is 649. The lowest BCUT2D eigenvalue weighted by Crippen LogP contribution is -2.35. The van der Waals surface area contributed by atoms with Crippen LogP contribution in [0, 0.1) is 20.8 Å². The van der Waals surface area contributed by atoms with E-state index in [0.29, 0.717) is 11.4 Å². The fraction of sp³-hybridized carbons (Fsp3) is 0.353. The number of benzene rings is 1. The Morgan fingerprint density at radius 3 is 2.73 bits per heavy atom. The number of amides is 1. The van der Waals surface area contributed by atoms with Gasteiger partial charge in [0, 0.05) is 12.2 Å². The lowest BCUT2D eigenvalue weighted by molar-refractivity contribution is 0.0839. The van der Waals surface area contributed by atoms with Crippen LogP contribution in [-0.4, -0.2) is 35.3 Å². The van der Waals surface area contributed by atoms with Crippen LogP contribution in [-0.2, 0) is 0 Å². The highest BCUT2D eigenvalue weighted by molar-refractivity contribution is 5.94. The second kappa shape index (κ2) is 7.13. The van der Waals surface area contributed by atoms with Crippen molar-refractivity contribution in [2.24, 2.45) is 0 Å². The van der Waals surface area contributed by atoms with Gasteiger partial charge < -0.3 is 20.1 Å². The minimum atomic E-state index is -0.763. The highest BCUT2D eigenvalue weighted by Gasteiger charge is 2.13. The van der Waals surface area contributed by atoms with Crippen LogP contribution in [0.25, 0.3) is 0 Å². The van der Waals surface area contributed by atoms with Crippen LogP contribution >= 0.6 is 0 Å². The lowest BCUT2D eigenvalue weighted by atomic mass is 10.2. The van der Waals surface area contributed by atoms with Gasteiger partial charge in [-0.25, -0.2) is 0 Å². The Labute approximate surface area is 130 Å². The highest BCUT2D eigenvalue weighted by atomic mass is 16.5. The van der Waals surface area contributed by atoms with Crippen LogP contribution in [0.5, 0.6) is 5.75 Å². The number of aromatic amines is 1. The van der Waals surface area contributed by atoms with Crippen molar-refractivity contribution in [2.45, 2.75) is 26.9 Å². The first kappa shape index (κ1) is 16.1. The smallest absolute Gasteiger partial charge is 0.268 e. The maximum Gasteiger partial charge on any atom is 0.268 e. The third-order valence-corrected chi connectivity index (χ3v) is 3.31. The Balaban J connectivity index is 1.79. The molecule has 1 aromatic carbocycles. The first-order valence-corrected chi connectivity index (χ1v) is 7.27. The Hall–Kier alpha value is -2.27. The number of H-pyrrole nitrogens is 1.